The lowest BCUT2D eigenvalue weighted by atomic mass is 10.2. The summed E-state index contributed by atoms with van der Waals surface area (Å²) in [6, 6.07) is 9.65. The Morgan fingerprint density at radius 2 is 1.84 bits per heavy atom. The van der Waals surface area contributed by atoms with E-state index in [4.69, 9.17) is 0 Å². The number of benzene rings is 1. The first-order valence-electron chi connectivity index (χ1n) is 5.79. The predicted molar refractivity (Wildman–Crippen MR) is 70.0 cm³/mol. The van der Waals surface area contributed by atoms with Crippen molar-refractivity contribution in [2.24, 2.45) is 0 Å². The molecule has 1 aromatic carbocycles. The molecule has 0 amide bonds. The average Bonchev–Trinajstić information content (AvgIpc) is 2.45. The van der Waals surface area contributed by atoms with Crippen molar-refractivity contribution in [3.63, 3.8) is 0 Å². The van der Waals surface area contributed by atoms with Crippen molar-refractivity contribution in [1.82, 2.24) is 5.32 Å². The highest BCUT2D eigenvalue weighted by Gasteiger charge is 2.08. The molecule has 0 aliphatic rings. The van der Waals surface area contributed by atoms with Crippen LogP contribution in [0.2, 0.25) is 0 Å². The van der Waals surface area contributed by atoms with Crippen molar-refractivity contribution >= 4 is 11.9 Å². The van der Waals surface area contributed by atoms with Gasteiger partial charge in [-0.1, -0.05) is 30.3 Å². The molecule has 0 bridgehead atoms. The molecule has 1 N–H and O–H groups in total. The van der Waals surface area contributed by atoms with Crippen molar-refractivity contribution in [2.75, 3.05) is 14.2 Å². The third-order valence-electron chi connectivity index (χ3n) is 2.42. The SMILES string of the molecule is COC(=O)/C=C(/CC(=O)OC)NCc1ccccc1. The molecule has 0 spiro atoms. The molecule has 0 radical (unpaired) electrons. The maximum absolute atomic E-state index is 11.2. The van der Waals surface area contributed by atoms with Gasteiger partial charge < -0.3 is 14.8 Å². The summed E-state index contributed by atoms with van der Waals surface area (Å²) in [5, 5.41) is 3.03. The summed E-state index contributed by atoms with van der Waals surface area (Å²) in [4.78, 5) is 22.5. The molecule has 1 rings (SSSR count). The van der Waals surface area contributed by atoms with Gasteiger partial charge in [0.05, 0.1) is 20.6 Å². The van der Waals surface area contributed by atoms with Crippen molar-refractivity contribution in [1.29, 1.82) is 0 Å². The van der Waals surface area contributed by atoms with Gasteiger partial charge in [0.15, 0.2) is 0 Å². The molecule has 0 heterocycles. The molecule has 0 saturated carbocycles. The Morgan fingerprint density at radius 1 is 1.16 bits per heavy atom. The lowest BCUT2D eigenvalue weighted by Crippen LogP contribution is -2.18. The van der Waals surface area contributed by atoms with Crippen molar-refractivity contribution < 1.29 is 19.1 Å². The highest BCUT2D eigenvalue weighted by molar-refractivity contribution is 5.84. The number of methoxy groups -OCH3 is 2. The molecule has 0 unspecified atom stereocenters. The molecule has 0 aliphatic heterocycles. The van der Waals surface area contributed by atoms with Gasteiger partial charge in [0.2, 0.25) is 0 Å². The van der Waals surface area contributed by atoms with E-state index < -0.39 is 11.9 Å². The van der Waals surface area contributed by atoms with Gasteiger partial charge in [-0.3, -0.25) is 4.79 Å². The van der Waals surface area contributed by atoms with Crippen LogP contribution in [0.4, 0.5) is 0 Å². The van der Waals surface area contributed by atoms with E-state index in [0.29, 0.717) is 12.2 Å². The second-order valence-electron chi connectivity index (χ2n) is 3.78. The minimum atomic E-state index is -0.514. The quantitative estimate of drug-likeness (QED) is 0.620. The summed E-state index contributed by atoms with van der Waals surface area (Å²) in [6.07, 6.45) is 1.25. The zero-order chi connectivity index (χ0) is 14.1. The van der Waals surface area contributed by atoms with E-state index in [9.17, 15) is 9.59 Å². The van der Waals surface area contributed by atoms with Crippen LogP contribution in [-0.4, -0.2) is 26.2 Å². The number of ether oxygens (including phenoxy) is 2. The smallest absolute Gasteiger partial charge is 0.332 e. The van der Waals surface area contributed by atoms with Crippen LogP contribution >= 0.6 is 0 Å². The van der Waals surface area contributed by atoms with Gasteiger partial charge >= 0.3 is 11.9 Å². The molecular weight excluding hydrogens is 246 g/mol. The van der Waals surface area contributed by atoms with Crippen LogP contribution in [0.5, 0.6) is 0 Å². The fourth-order valence-electron chi connectivity index (χ4n) is 1.40. The van der Waals surface area contributed by atoms with E-state index in [1.54, 1.807) is 0 Å². The Kier molecular flexibility index (Phi) is 6.15. The van der Waals surface area contributed by atoms with Gasteiger partial charge in [0.1, 0.15) is 0 Å². The predicted octanol–water partition coefficient (Wildman–Crippen LogP) is 1.40. The first kappa shape index (κ1) is 14.8. The molecular formula is C14H17NO4. The number of esters is 2. The molecule has 5 heteroatoms. The maximum Gasteiger partial charge on any atom is 0.332 e. The lowest BCUT2D eigenvalue weighted by Gasteiger charge is -2.10. The Hall–Kier alpha value is -2.30. The zero-order valence-corrected chi connectivity index (χ0v) is 11.0. The summed E-state index contributed by atoms with van der Waals surface area (Å²) in [5.41, 5.74) is 1.51. The van der Waals surface area contributed by atoms with E-state index in [-0.39, 0.29) is 6.42 Å². The van der Waals surface area contributed by atoms with Crippen LogP contribution in [0, 0.1) is 0 Å². The van der Waals surface area contributed by atoms with Gasteiger partial charge in [-0.05, 0) is 5.56 Å². The minimum absolute atomic E-state index is 0.00155. The van der Waals surface area contributed by atoms with Gasteiger partial charge in [0, 0.05) is 18.3 Å². The van der Waals surface area contributed by atoms with Crippen LogP contribution in [0.3, 0.4) is 0 Å². The fraction of sp³-hybridized carbons (Fsp3) is 0.286. The molecule has 0 aromatic heterocycles. The summed E-state index contributed by atoms with van der Waals surface area (Å²) < 4.78 is 9.12. The molecule has 0 aliphatic carbocycles. The number of carbonyl (C=O) groups excluding carboxylic acids is 2. The van der Waals surface area contributed by atoms with E-state index in [1.165, 1.54) is 20.3 Å². The number of rotatable bonds is 6. The molecule has 102 valence electrons. The van der Waals surface area contributed by atoms with Crippen LogP contribution in [0.15, 0.2) is 42.1 Å². The van der Waals surface area contributed by atoms with E-state index in [2.05, 4.69) is 14.8 Å². The number of nitrogens with one attached hydrogen (secondary N) is 1. The van der Waals surface area contributed by atoms with Crippen molar-refractivity contribution in [3.05, 3.63) is 47.7 Å². The Bertz CT molecular complexity index is 454. The monoisotopic (exact) mass is 263 g/mol. The topological polar surface area (TPSA) is 64.6 Å². The number of hydrogen-bond donors (Lipinski definition) is 1. The lowest BCUT2D eigenvalue weighted by molar-refractivity contribution is -0.139. The zero-order valence-electron chi connectivity index (χ0n) is 11.0. The first-order valence-corrected chi connectivity index (χ1v) is 5.79. The van der Waals surface area contributed by atoms with Crippen LogP contribution in [0.25, 0.3) is 0 Å². The second kappa shape index (κ2) is 7.92. The van der Waals surface area contributed by atoms with Gasteiger partial charge in [-0.25, -0.2) is 4.79 Å². The van der Waals surface area contributed by atoms with Gasteiger partial charge in [-0.2, -0.15) is 0 Å². The minimum Gasteiger partial charge on any atom is -0.469 e. The highest BCUT2D eigenvalue weighted by atomic mass is 16.5. The van der Waals surface area contributed by atoms with Crippen molar-refractivity contribution in [2.45, 2.75) is 13.0 Å². The first-order chi connectivity index (χ1) is 9.15. The van der Waals surface area contributed by atoms with Crippen molar-refractivity contribution in [3.8, 4) is 0 Å². The second-order valence-corrected chi connectivity index (χ2v) is 3.78. The van der Waals surface area contributed by atoms with E-state index in [0.717, 1.165) is 5.56 Å². The van der Waals surface area contributed by atoms with Crippen LogP contribution < -0.4 is 5.32 Å². The third kappa shape index (κ3) is 5.72. The van der Waals surface area contributed by atoms with Crippen LogP contribution in [0.1, 0.15) is 12.0 Å². The van der Waals surface area contributed by atoms with E-state index in [1.807, 2.05) is 30.3 Å². The molecule has 0 fully saturated rings. The highest BCUT2D eigenvalue weighted by Crippen LogP contribution is 2.04. The third-order valence-corrected chi connectivity index (χ3v) is 2.42. The molecule has 0 atom stereocenters. The van der Waals surface area contributed by atoms with Crippen LogP contribution in [-0.2, 0) is 25.6 Å². The van der Waals surface area contributed by atoms with Gasteiger partial charge in [-0.15, -0.1) is 0 Å². The fourth-order valence-corrected chi connectivity index (χ4v) is 1.40. The average molecular weight is 263 g/mol. The number of carbonyl (C=O) groups is 2. The summed E-state index contributed by atoms with van der Waals surface area (Å²) in [7, 11) is 2.58. The Balaban J connectivity index is 2.66. The Labute approximate surface area is 112 Å². The summed E-state index contributed by atoms with van der Waals surface area (Å²) in [6.45, 7) is 0.515. The largest absolute Gasteiger partial charge is 0.469 e. The normalized spacial score (nSPS) is 10.7. The number of hydrogen-bond acceptors (Lipinski definition) is 5. The Morgan fingerprint density at radius 3 is 2.42 bits per heavy atom. The summed E-state index contributed by atoms with van der Waals surface area (Å²) in [5.74, 6) is -0.935. The standard InChI is InChI=1S/C14H17NO4/c1-18-13(16)8-12(9-14(17)19-2)15-10-11-6-4-3-5-7-11/h3-8,15H,9-10H2,1-2H3/b12-8-. The molecule has 19 heavy (non-hydrogen) atoms. The summed E-state index contributed by atoms with van der Waals surface area (Å²) >= 11 is 0. The van der Waals surface area contributed by atoms with Gasteiger partial charge in [0.25, 0.3) is 0 Å². The molecule has 5 nitrogen and oxygen atoms in total. The molecule has 0 saturated heterocycles. The maximum atomic E-state index is 11.2. The van der Waals surface area contributed by atoms with E-state index >= 15 is 0 Å². The molecule has 1 aromatic rings.